The van der Waals surface area contributed by atoms with Crippen molar-refractivity contribution in [3.8, 4) is 5.75 Å². The van der Waals surface area contributed by atoms with Crippen LogP contribution in [0.5, 0.6) is 5.75 Å². The highest BCUT2D eigenvalue weighted by Crippen LogP contribution is 2.26. The van der Waals surface area contributed by atoms with E-state index in [1.165, 1.54) is 0 Å². The number of fused-ring (bicyclic) bond motifs is 1. The molecule has 6 nitrogen and oxygen atoms in total. The van der Waals surface area contributed by atoms with Crippen molar-refractivity contribution in [3.63, 3.8) is 0 Å². The summed E-state index contributed by atoms with van der Waals surface area (Å²) in [6.07, 6.45) is 6.32. The summed E-state index contributed by atoms with van der Waals surface area (Å²) in [5.41, 5.74) is 8.75. The molecular formula is C20H23N3O3. The van der Waals surface area contributed by atoms with Gasteiger partial charge >= 0.3 is 0 Å². The highest BCUT2D eigenvalue weighted by atomic mass is 16.5. The highest BCUT2D eigenvalue weighted by Gasteiger charge is 2.12. The minimum atomic E-state index is -0.696. The number of aliphatic hydroxyl groups excluding tert-OH is 1. The predicted molar refractivity (Wildman–Crippen MR) is 99.5 cm³/mol. The Balaban J connectivity index is 1.63. The fourth-order valence-corrected chi connectivity index (χ4v) is 2.92. The van der Waals surface area contributed by atoms with Crippen LogP contribution in [0.15, 0.2) is 48.3 Å². The molecule has 1 atom stereocenters. The maximum absolute atomic E-state index is 11.8. The second-order valence-electron chi connectivity index (χ2n) is 6.29. The van der Waals surface area contributed by atoms with Crippen molar-refractivity contribution in [2.24, 2.45) is 5.73 Å². The quantitative estimate of drug-likeness (QED) is 0.657. The van der Waals surface area contributed by atoms with Crippen molar-refractivity contribution in [1.29, 1.82) is 0 Å². The Morgan fingerprint density at radius 2 is 2.31 bits per heavy atom. The molecule has 0 unspecified atom stereocenters. The minimum absolute atomic E-state index is 0.278. The standard InChI is InChI=1S/C20H23N3O3/c21-20(25)17(12-23-13-18(24)16-3-1-7-22-11-16)10-14-5-6-19-15(9-14)4-2-8-26-19/h1,3,5-7,9-11,18,23-24H,2,4,8,12-13H2,(H2,21,25)/t18-/m0/s1. The zero-order valence-corrected chi connectivity index (χ0v) is 14.5. The Morgan fingerprint density at radius 1 is 1.42 bits per heavy atom. The molecule has 1 aromatic heterocycles. The van der Waals surface area contributed by atoms with Gasteiger partial charge < -0.3 is 20.9 Å². The third-order valence-corrected chi connectivity index (χ3v) is 4.31. The molecule has 136 valence electrons. The van der Waals surface area contributed by atoms with Gasteiger partial charge in [-0.25, -0.2) is 0 Å². The largest absolute Gasteiger partial charge is 0.493 e. The van der Waals surface area contributed by atoms with E-state index in [0.717, 1.165) is 41.9 Å². The fraction of sp³-hybridized carbons (Fsp3) is 0.300. The molecule has 0 bridgehead atoms. The third-order valence-electron chi connectivity index (χ3n) is 4.31. The number of benzene rings is 1. The van der Waals surface area contributed by atoms with Crippen LogP contribution in [-0.4, -0.2) is 35.7 Å². The Hall–Kier alpha value is -2.70. The number of aromatic nitrogens is 1. The number of aryl methyl sites for hydroxylation is 1. The van der Waals surface area contributed by atoms with E-state index in [4.69, 9.17) is 10.5 Å². The van der Waals surface area contributed by atoms with Gasteiger partial charge in [0.25, 0.3) is 0 Å². The number of primary amides is 1. The number of carbonyl (C=O) groups is 1. The number of nitrogens with two attached hydrogens (primary N) is 1. The Morgan fingerprint density at radius 3 is 3.08 bits per heavy atom. The summed E-state index contributed by atoms with van der Waals surface area (Å²) in [4.78, 5) is 15.7. The van der Waals surface area contributed by atoms with Gasteiger partial charge in [-0.2, -0.15) is 0 Å². The molecule has 1 aliphatic heterocycles. The number of aliphatic hydroxyl groups is 1. The smallest absolute Gasteiger partial charge is 0.245 e. The fourth-order valence-electron chi connectivity index (χ4n) is 2.92. The molecule has 2 heterocycles. The van der Waals surface area contributed by atoms with Crippen molar-refractivity contribution in [2.45, 2.75) is 18.9 Å². The van der Waals surface area contributed by atoms with Gasteiger partial charge in [-0.05, 0) is 48.2 Å². The van der Waals surface area contributed by atoms with Crippen LogP contribution in [-0.2, 0) is 11.2 Å². The van der Waals surface area contributed by atoms with E-state index in [1.807, 2.05) is 18.2 Å². The molecule has 0 spiro atoms. The van der Waals surface area contributed by atoms with Crippen LogP contribution in [0, 0.1) is 0 Å². The molecule has 26 heavy (non-hydrogen) atoms. The number of nitrogens with one attached hydrogen (secondary N) is 1. The van der Waals surface area contributed by atoms with Crippen LogP contribution in [0.3, 0.4) is 0 Å². The normalized spacial score (nSPS) is 15.0. The van der Waals surface area contributed by atoms with E-state index in [9.17, 15) is 9.90 Å². The zero-order chi connectivity index (χ0) is 18.4. The topological polar surface area (TPSA) is 97.5 Å². The number of amides is 1. The molecule has 0 fully saturated rings. The van der Waals surface area contributed by atoms with E-state index < -0.39 is 12.0 Å². The average Bonchev–Trinajstić information content (AvgIpc) is 2.67. The van der Waals surface area contributed by atoms with E-state index in [0.29, 0.717) is 12.1 Å². The highest BCUT2D eigenvalue weighted by molar-refractivity contribution is 5.97. The molecule has 0 radical (unpaired) electrons. The third kappa shape index (κ3) is 4.68. The lowest BCUT2D eigenvalue weighted by atomic mass is 10.0. The van der Waals surface area contributed by atoms with Gasteiger partial charge in [-0.1, -0.05) is 12.1 Å². The minimum Gasteiger partial charge on any atom is -0.493 e. The number of hydrogen-bond donors (Lipinski definition) is 3. The summed E-state index contributed by atoms with van der Waals surface area (Å²) in [6.45, 7) is 1.33. The first-order chi connectivity index (χ1) is 12.6. The van der Waals surface area contributed by atoms with E-state index in [1.54, 1.807) is 30.6 Å². The molecule has 0 saturated carbocycles. The number of nitrogens with zero attached hydrogens (tertiary/aromatic N) is 1. The summed E-state index contributed by atoms with van der Waals surface area (Å²) in [6, 6.07) is 9.45. The van der Waals surface area contributed by atoms with Crippen LogP contribution in [0.1, 0.15) is 29.2 Å². The first kappa shape index (κ1) is 18.1. The maximum atomic E-state index is 11.8. The van der Waals surface area contributed by atoms with Gasteiger partial charge in [0.05, 0.1) is 12.7 Å². The van der Waals surface area contributed by atoms with Crippen LogP contribution in [0.4, 0.5) is 0 Å². The molecule has 6 heteroatoms. The van der Waals surface area contributed by atoms with E-state index >= 15 is 0 Å². The summed E-state index contributed by atoms with van der Waals surface area (Å²) in [5.74, 6) is 0.425. The number of carbonyl (C=O) groups excluding carboxylic acids is 1. The van der Waals surface area contributed by atoms with Crippen molar-refractivity contribution in [3.05, 3.63) is 65.0 Å². The zero-order valence-electron chi connectivity index (χ0n) is 14.5. The van der Waals surface area contributed by atoms with Crippen molar-refractivity contribution in [2.75, 3.05) is 19.7 Å². The predicted octanol–water partition coefficient (Wildman–Crippen LogP) is 1.60. The molecule has 1 aliphatic rings. The monoisotopic (exact) mass is 353 g/mol. The lowest BCUT2D eigenvalue weighted by molar-refractivity contribution is -0.114. The second-order valence-corrected chi connectivity index (χ2v) is 6.29. The molecule has 0 saturated heterocycles. The van der Waals surface area contributed by atoms with Crippen LogP contribution in [0.25, 0.3) is 6.08 Å². The van der Waals surface area contributed by atoms with Crippen LogP contribution < -0.4 is 15.8 Å². The lowest BCUT2D eigenvalue weighted by Gasteiger charge is -2.17. The summed E-state index contributed by atoms with van der Waals surface area (Å²) < 4.78 is 5.61. The average molecular weight is 353 g/mol. The number of ether oxygens (including phenoxy) is 1. The number of hydrogen-bond acceptors (Lipinski definition) is 5. The number of pyridine rings is 1. The summed E-state index contributed by atoms with van der Waals surface area (Å²) in [7, 11) is 0. The first-order valence-electron chi connectivity index (χ1n) is 8.68. The Bertz CT molecular complexity index is 790. The molecule has 1 aromatic carbocycles. The van der Waals surface area contributed by atoms with Crippen LogP contribution >= 0.6 is 0 Å². The van der Waals surface area contributed by atoms with Gasteiger partial charge in [-0.3, -0.25) is 9.78 Å². The van der Waals surface area contributed by atoms with E-state index in [2.05, 4.69) is 10.3 Å². The van der Waals surface area contributed by atoms with Gasteiger partial charge in [0.1, 0.15) is 5.75 Å². The molecular weight excluding hydrogens is 330 g/mol. The van der Waals surface area contributed by atoms with E-state index in [-0.39, 0.29) is 6.54 Å². The Kier molecular flexibility index (Phi) is 5.99. The van der Waals surface area contributed by atoms with Gasteiger partial charge in [-0.15, -0.1) is 0 Å². The number of rotatable bonds is 7. The van der Waals surface area contributed by atoms with Crippen molar-refractivity contribution < 1.29 is 14.6 Å². The molecule has 1 amide bonds. The molecule has 4 N–H and O–H groups in total. The van der Waals surface area contributed by atoms with Crippen LogP contribution in [0.2, 0.25) is 0 Å². The van der Waals surface area contributed by atoms with Gasteiger partial charge in [0.2, 0.25) is 5.91 Å². The second kappa shape index (κ2) is 8.60. The molecule has 3 rings (SSSR count). The maximum Gasteiger partial charge on any atom is 0.245 e. The molecule has 0 aliphatic carbocycles. The van der Waals surface area contributed by atoms with Crippen molar-refractivity contribution >= 4 is 12.0 Å². The summed E-state index contributed by atoms with van der Waals surface area (Å²) >= 11 is 0. The summed E-state index contributed by atoms with van der Waals surface area (Å²) in [5, 5.41) is 13.2. The molecule has 2 aromatic rings. The van der Waals surface area contributed by atoms with Crippen molar-refractivity contribution in [1.82, 2.24) is 10.3 Å². The SMILES string of the molecule is NC(=O)C(=Cc1ccc2c(c1)CCCO2)CNC[C@H](O)c1cccnc1. The Labute approximate surface area is 152 Å². The van der Waals surface area contributed by atoms with Gasteiger partial charge in [0.15, 0.2) is 0 Å². The first-order valence-corrected chi connectivity index (χ1v) is 8.68. The lowest BCUT2D eigenvalue weighted by Crippen LogP contribution is -2.28. The van der Waals surface area contributed by atoms with Gasteiger partial charge in [0, 0.05) is 36.6 Å².